The fraction of sp³-hybridized carbons (Fsp3) is 0.111. The molecule has 5 aromatic carbocycles. The van der Waals surface area contributed by atoms with E-state index in [4.69, 9.17) is 9.47 Å². The Morgan fingerprint density at radius 2 is 0.818 bits per heavy atom. The van der Waals surface area contributed by atoms with Gasteiger partial charge in [0.15, 0.2) is 0 Å². The fourth-order valence-corrected chi connectivity index (χ4v) is 5.33. The molecule has 0 unspecified atom stereocenters. The first kappa shape index (κ1) is 31.0. The normalized spacial score (nSPS) is 10.6. The highest BCUT2D eigenvalue weighted by Crippen LogP contribution is 2.40. The standard InChI is InChI=1S/C36H30Br2N2O4/c1-3-43-35(41)25-7-5-9-33(23-25)39(29-15-11-27(37)12-16-29)31-19-21-32(22-20-31)40(30-17-13-28(38)14-18-30)34-10-6-8-26(24-34)36(42)44-4-2/h5-24H,3-4H2,1-2H3. The Kier molecular flexibility index (Phi) is 10.1. The molecule has 222 valence electrons. The summed E-state index contributed by atoms with van der Waals surface area (Å²) in [6, 6.07) is 39.0. The van der Waals surface area contributed by atoms with E-state index in [1.807, 2.05) is 109 Å². The quantitative estimate of drug-likeness (QED) is 0.134. The number of carbonyl (C=O) groups excluding carboxylic acids is 2. The molecule has 0 radical (unpaired) electrons. The predicted octanol–water partition coefficient (Wildman–Crippen LogP) is 10.5. The van der Waals surface area contributed by atoms with Crippen molar-refractivity contribution in [2.45, 2.75) is 13.8 Å². The lowest BCUT2D eigenvalue weighted by atomic mass is 10.1. The Bertz CT molecular complexity index is 1610. The monoisotopic (exact) mass is 712 g/mol. The molecule has 5 aromatic rings. The van der Waals surface area contributed by atoms with Gasteiger partial charge in [-0.1, -0.05) is 44.0 Å². The highest BCUT2D eigenvalue weighted by Gasteiger charge is 2.18. The zero-order valence-electron chi connectivity index (χ0n) is 24.2. The van der Waals surface area contributed by atoms with Gasteiger partial charge in [0, 0.05) is 43.1 Å². The molecule has 0 aliphatic heterocycles. The van der Waals surface area contributed by atoms with Crippen LogP contribution in [0.1, 0.15) is 34.6 Å². The van der Waals surface area contributed by atoms with Crippen molar-refractivity contribution < 1.29 is 19.1 Å². The predicted molar refractivity (Wildman–Crippen MR) is 183 cm³/mol. The van der Waals surface area contributed by atoms with Gasteiger partial charge < -0.3 is 19.3 Å². The highest BCUT2D eigenvalue weighted by molar-refractivity contribution is 9.10. The Morgan fingerprint density at radius 3 is 1.14 bits per heavy atom. The number of hydrogen-bond acceptors (Lipinski definition) is 6. The van der Waals surface area contributed by atoms with Crippen molar-refractivity contribution >= 4 is 77.9 Å². The Morgan fingerprint density at radius 1 is 0.500 bits per heavy atom. The molecule has 0 heterocycles. The van der Waals surface area contributed by atoms with Crippen molar-refractivity contribution in [3.05, 3.63) is 141 Å². The van der Waals surface area contributed by atoms with Gasteiger partial charge in [0.25, 0.3) is 0 Å². The first-order valence-electron chi connectivity index (χ1n) is 14.1. The van der Waals surface area contributed by atoms with E-state index in [2.05, 4.69) is 41.7 Å². The Balaban J connectivity index is 1.58. The zero-order valence-corrected chi connectivity index (χ0v) is 27.4. The molecule has 8 heteroatoms. The van der Waals surface area contributed by atoms with Crippen LogP contribution in [-0.2, 0) is 9.47 Å². The van der Waals surface area contributed by atoms with Gasteiger partial charge in [-0.05, 0) is 123 Å². The lowest BCUT2D eigenvalue weighted by Gasteiger charge is -2.28. The topological polar surface area (TPSA) is 59.1 Å². The third-order valence-corrected chi connectivity index (χ3v) is 7.82. The molecule has 0 N–H and O–H groups in total. The average Bonchev–Trinajstić information content (AvgIpc) is 3.04. The van der Waals surface area contributed by atoms with Gasteiger partial charge in [0.05, 0.1) is 24.3 Å². The van der Waals surface area contributed by atoms with E-state index in [0.717, 1.165) is 43.1 Å². The summed E-state index contributed by atoms with van der Waals surface area (Å²) in [6.45, 7) is 4.20. The summed E-state index contributed by atoms with van der Waals surface area (Å²) in [6.07, 6.45) is 0. The summed E-state index contributed by atoms with van der Waals surface area (Å²) in [5.41, 5.74) is 6.23. The molecule has 0 aliphatic carbocycles. The molecule has 0 saturated heterocycles. The molecule has 0 atom stereocenters. The highest BCUT2D eigenvalue weighted by atomic mass is 79.9. The van der Waals surface area contributed by atoms with Crippen LogP contribution in [0.2, 0.25) is 0 Å². The maximum atomic E-state index is 12.6. The van der Waals surface area contributed by atoms with Gasteiger partial charge in [-0.3, -0.25) is 0 Å². The number of anilines is 6. The second-order valence-corrected chi connectivity index (χ2v) is 11.5. The van der Waals surface area contributed by atoms with Gasteiger partial charge in [-0.2, -0.15) is 0 Å². The van der Waals surface area contributed by atoms with Crippen LogP contribution in [0.15, 0.2) is 130 Å². The first-order valence-corrected chi connectivity index (χ1v) is 15.7. The molecule has 6 nitrogen and oxygen atoms in total. The van der Waals surface area contributed by atoms with Gasteiger partial charge in [0.1, 0.15) is 0 Å². The molecule has 0 spiro atoms. The lowest BCUT2D eigenvalue weighted by molar-refractivity contribution is 0.0517. The van der Waals surface area contributed by atoms with Crippen molar-refractivity contribution in [3.63, 3.8) is 0 Å². The molecule has 0 amide bonds. The molecule has 0 bridgehead atoms. The van der Waals surface area contributed by atoms with E-state index < -0.39 is 0 Å². The number of ether oxygens (including phenoxy) is 2. The number of hydrogen-bond donors (Lipinski definition) is 0. The van der Waals surface area contributed by atoms with Crippen LogP contribution in [0.5, 0.6) is 0 Å². The third-order valence-electron chi connectivity index (χ3n) is 6.77. The molecule has 0 fully saturated rings. The largest absolute Gasteiger partial charge is 0.462 e. The molecular weight excluding hydrogens is 684 g/mol. The van der Waals surface area contributed by atoms with Crippen molar-refractivity contribution in [2.24, 2.45) is 0 Å². The maximum absolute atomic E-state index is 12.6. The van der Waals surface area contributed by atoms with E-state index >= 15 is 0 Å². The molecule has 0 aliphatic rings. The van der Waals surface area contributed by atoms with Crippen LogP contribution in [0.25, 0.3) is 0 Å². The summed E-state index contributed by atoms with van der Waals surface area (Å²) in [5.74, 6) is -0.730. The zero-order chi connectivity index (χ0) is 31.1. The summed E-state index contributed by atoms with van der Waals surface area (Å²) in [4.78, 5) is 29.3. The average molecular weight is 714 g/mol. The van der Waals surface area contributed by atoms with Gasteiger partial charge in [0.2, 0.25) is 0 Å². The van der Waals surface area contributed by atoms with E-state index in [-0.39, 0.29) is 11.9 Å². The number of benzene rings is 5. The van der Waals surface area contributed by atoms with Crippen molar-refractivity contribution in [3.8, 4) is 0 Å². The molecule has 0 aromatic heterocycles. The second-order valence-electron chi connectivity index (χ2n) is 9.68. The minimum atomic E-state index is -0.365. The second kappa shape index (κ2) is 14.4. The van der Waals surface area contributed by atoms with Crippen LogP contribution < -0.4 is 9.80 Å². The summed E-state index contributed by atoms with van der Waals surface area (Å²) in [7, 11) is 0. The smallest absolute Gasteiger partial charge is 0.338 e. The van der Waals surface area contributed by atoms with Gasteiger partial charge in [-0.15, -0.1) is 0 Å². The van der Waals surface area contributed by atoms with E-state index in [9.17, 15) is 9.59 Å². The van der Waals surface area contributed by atoms with Crippen LogP contribution in [-0.4, -0.2) is 25.2 Å². The molecule has 44 heavy (non-hydrogen) atoms. The van der Waals surface area contributed by atoms with Gasteiger partial charge in [-0.25, -0.2) is 9.59 Å². The molecular formula is C36H30Br2N2O4. The van der Waals surface area contributed by atoms with E-state index in [1.165, 1.54) is 0 Å². The summed E-state index contributed by atoms with van der Waals surface area (Å²) in [5, 5.41) is 0. The van der Waals surface area contributed by atoms with Gasteiger partial charge >= 0.3 is 11.9 Å². The lowest BCUT2D eigenvalue weighted by Crippen LogP contribution is -2.13. The summed E-state index contributed by atoms with van der Waals surface area (Å²) >= 11 is 7.07. The van der Waals surface area contributed by atoms with Crippen molar-refractivity contribution in [1.29, 1.82) is 0 Å². The van der Waals surface area contributed by atoms with Crippen LogP contribution >= 0.6 is 31.9 Å². The molecule has 0 saturated carbocycles. The number of nitrogens with zero attached hydrogens (tertiary/aromatic N) is 2. The fourth-order valence-electron chi connectivity index (χ4n) is 4.80. The third kappa shape index (κ3) is 7.21. The number of halogens is 2. The minimum Gasteiger partial charge on any atom is -0.462 e. The number of carbonyl (C=O) groups is 2. The van der Waals surface area contributed by atoms with Crippen LogP contribution in [0.4, 0.5) is 34.1 Å². The van der Waals surface area contributed by atoms with Crippen LogP contribution in [0, 0.1) is 0 Å². The Labute approximate surface area is 274 Å². The SMILES string of the molecule is CCOC(=O)c1cccc(N(c2ccc(Br)cc2)c2ccc(N(c3ccc(Br)cc3)c3cccc(C(=O)OCC)c3)cc2)c1. The first-order chi connectivity index (χ1) is 21.4. The number of rotatable bonds is 10. The van der Waals surface area contributed by atoms with Crippen LogP contribution in [0.3, 0.4) is 0 Å². The Hall–Kier alpha value is -4.40. The summed E-state index contributed by atoms with van der Waals surface area (Å²) < 4.78 is 12.4. The van der Waals surface area contributed by atoms with E-state index in [0.29, 0.717) is 24.3 Å². The van der Waals surface area contributed by atoms with Crippen molar-refractivity contribution in [1.82, 2.24) is 0 Å². The maximum Gasteiger partial charge on any atom is 0.338 e. The molecule has 5 rings (SSSR count). The van der Waals surface area contributed by atoms with E-state index in [1.54, 1.807) is 26.0 Å². The minimum absolute atomic E-state index is 0.304. The number of esters is 2. The van der Waals surface area contributed by atoms with Crippen molar-refractivity contribution in [2.75, 3.05) is 23.0 Å².